The van der Waals surface area contributed by atoms with E-state index in [2.05, 4.69) is 5.32 Å². The molecule has 11 heteroatoms. The van der Waals surface area contributed by atoms with E-state index < -0.39 is 33.7 Å². The van der Waals surface area contributed by atoms with Crippen molar-refractivity contribution < 1.29 is 31.9 Å². The molecule has 3 amide bonds. The first-order chi connectivity index (χ1) is 17.6. The van der Waals surface area contributed by atoms with Gasteiger partial charge in [0.05, 0.1) is 24.1 Å². The number of hydrogen-bond acceptors (Lipinski definition) is 6. The lowest BCUT2D eigenvalue weighted by Crippen LogP contribution is -2.45. The standard InChI is InChI=1S/C26H24FN3O6S/c1-17(31)28-20-7-13-23(14-8-20)37(34,35)29(16-18-3-5-19(27)6-4-18)24-15-25(32)30(26(24)33)21-9-11-22(36-2)12-10-21/h3-14,24H,15-16H2,1-2H3,(H,28,31). The van der Waals surface area contributed by atoms with Gasteiger partial charge in [-0.15, -0.1) is 0 Å². The molecule has 0 aromatic heterocycles. The summed E-state index contributed by atoms with van der Waals surface area (Å²) in [6, 6.07) is 15.6. The molecular weight excluding hydrogens is 501 g/mol. The van der Waals surface area contributed by atoms with Gasteiger partial charge < -0.3 is 10.1 Å². The molecule has 1 fully saturated rings. The minimum absolute atomic E-state index is 0.133. The number of amides is 3. The Hall–Kier alpha value is -4.09. The highest BCUT2D eigenvalue weighted by atomic mass is 32.2. The molecule has 0 aliphatic carbocycles. The molecule has 1 unspecified atom stereocenters. The van der Waals surface area contributed by atoms with Crippen LogP contribution in [0.5, 0.6) is 5.75 Å². The van der Waals surface area contributed by atoms with Crippen LogP contribution in [0.2, 0.25) is 0 Å². The van der Waals surface area contributed by atoms with Crippen LogP contribution in [0.4, 0.5) is 15.8 Å². The predicted octanol–water partition coefficient (Wildman–Crippen LogP) is 3.32. The van der Waals surface area contributed by atoms with E-state index in [4.69, 9.17) is 4.74 Å². The Morgan fingerprint density at radius 3 is 2.22 bits per heavy atom. The lowest BCUT2D eigenvalue weighted by atomic mass is 10.2. The first-order valence-corrected chi connectivity index (χ1v) is 12.7. The normalized spacial score (nSPS) is 15.8. The van der Waals surface area contributed by atoms with Crippen molar-refractivity contribution in [2.24, 2.45) is 0 Å². The molecule has 0 bridgehead atoms. The van der Waals surface area contributed by atoms with Crippen LogP contribution in [0.1, 0.15) is 18.9 Å². The predicted molar refractivity (Wildman–Crippen MR) is 134 cm³/mol. The van der Waals surface area contributed by atoms with Crippen LogP contribution in [0, 0.1) is 5.82 Å². The number of rotatable bonds is 8. The van der Waals surface area contributed by atoms with E-state index in [1.54, 1.807) is 12.1 Å². The van der Waals surface area contributed by atoms with E-state index in [0.717, 1.165) is 9.21 Å². The number of hydrogen-bond donors (Lipinski definition) is 1. The van der Waals surface area contributed by atoms with Gasteiger partial charge in [0.1, 0.15) is 17.6 Å². The van der Waals surface area contributed by atoms with Crippen LogP contribution < -0.4 is 15.0 Å². The molecule has 1 aliphatic rings. The second-order valence-electron chi connectivity index (χ2n) is 8.37. The Labute approximate surface area is 213 Å². The highest BCUT2D eigenvalue weighted by Gasteiger charge is 2.47. The van der Waals surface area contributed by atoms with Gasteiger partial charge in [0.15, 0.2) is 0 Å². The number of benzene rings is 3. The number of anilines is 2. The fourth-order valence-corrected chi connectivity index (χ4v) is 5.59. The topological polar surface area (TPSA) is 113 Å². The summed E-state index contributed by atoms with van der Waals surface area (Å²) in [6.45, 7) is 1.06. The number of halogens is 1. The minimum Gasteiger partial charge on any atom is -0.497 e. The van der Waals surface area contributed by atoms with E-state index in [0.29, 0.717) is 17.0 Å². The average molecular weight is 526 g/mol. The first kappa shape index (κ1) is 26.0. The summed E-state index contributed by atoms with van der Waals surface area (Å²) >= 11 is 0. The number of nitrogens with zero attached hydrogens (tertiary/aromatic N) is 2. The summed E-state index contributed by atoms with van der Waals surface area (Å²) in [5, 5.41) is 2.56. The molecule has 3 aromatic rings. The van der Waals surface area contributed by atoms with Crippen molar-refractivity contribution >= 4 is 39.1 Å². The Balaban J connectivity index is 1.71. The fourth-order valence-electron chi connectivity index (χ4n) is 4.02. The van der Waals surface area contributed by atoms with Gasteiger partial charge in [0.25, 0.3) is 5.91 Å². The monoisotopic (exact) mass is 525 g/mol. The Morgan fingerprint density at radius 2 is 1.65 bits per heavy atom. The molecule has 1 atom stereocenters. The summed E-state index contributed by atoms with van der Waals surface area (Å²) in [6.07, 6.45) is -0.366. The maximum absolute atomic E-state index is 13.8. The third kappa shape index (κ3) is 5.52. The SMILES string of the molecule is COc1ccc(N2C(=O)CC(N(Cc3ccc(F)cc3)S(=O)(=O)c3ccc(NC(C)=O)cc3)C2=O)cc1. The maximum atomic E-state index is 13.8. The smallest absolute Gasteiger partial charge is 0.252 e. The summed E-state index contributed by atoms with van der Waals surface area (Å²) < 4.78 is 47.1. The first-order valence-electron chi connectivity index (χ1n) is 11.2. The lowest BCUT2D eigenvalue weighted by molar-refractivity contribution is -0.122. The zero-order valence-corrected chi connectivity index (χ0v) is 20.9. The minimum atomic E-state index is -4.30. The molecule has 4 rings (SSSR count). The summed E-state index contributed by atoms with van der Waals surface area (Å²) in [7, 11) is -2.82. The molecule has 0 spiro atoms. The third-order valence-corrected chi connectivity index (χ3v) is 7.70. The molecule has 1 saturated heterocycles. The highest BCUT2D eigenvalue weighted by Crippen LogP contribution is 2.31. The number of carbonyl (C=O) groups excluding carboxylic acids is 3. The molecular formula is C26H24FN3O6S. The lowest BCUT2D eigenvalue weighted by Gasteiger charge is -2.27. The summed E-state index contributed by atoms with van der Waals surface area (Å²) in [5.74, 6) is -1.54. The van der Waals surface area contributed by atoms with Gasteiger partial charge in [-0.25, -0.2) is 17.7 Å². The summed E-state index contributed by atoms with van der Waals surface area (Å²) in [5.41, 5.74) is 1.12. The van der Waals surface area contributed by atoms with Crippen LogP contribution in [-0.4, -0.2) is 43.6 Å². The molecule has 1 aliphatic heterocycles. The fraction of sp³-hybridized carbons (Fsp3) is 0.192. The van der Waals surface area contributed by atoms with Crippen molar-refractivity contribution in [1.29, 1.82) is 0 Å². The summed E-state index contributed by atoms with van der Waals surface area (Å²) in [4.78, 5) is 38.5. The van der Waals surface area contributed by atoms with Crippen molar-refractivity contribution in [3.8, 4) is 5.75 Å². The Kier molecular flexibility index (Phi) is 7.37. The van der Waals surface area contributed by atoms with E-state index in [9.17, 15) is 27.2 Å². The molecule has 37 heavy (non-hydrogen) atoms. The third-order valence-electron chi connectivity index (χ3n) is 5.83. The Morgan fingerprint density at radius 1 is 1.03 bits per heavy atom. The second-order valence-corrected chi connectivity index (χ2v) is 10.3. The van der Waals surface area contributed by atoms with Gasteiger partial charge in [-0.1, -0.05) is 12.1 Å². The Bertz CT molecular complexity index is 1420. The van der Waals surface area contributed by atoms with Crippen molar-refractivity contribution in [1.82, 2.24) is 4.31 Å². The van der Waals surface area contributed by atoms with E-state index in [1.807, 2.05) is 0 Å². The molecule has 0 saturated carbocycles. The van der Waals surface area contributed by atoms with Crippen LogP contribution in [-0.2, 0) is 31.0 Å². The van der Waals surface area contributed by atoms with Gasteiger partial charge in [0.2, 0.25) is 21.8 Å². The van der Waals surface area contributed by atoms with E-state index >= 15 is 0 Å². The molecule has 9 nitrogen and oxygen atoms in total. The number of sulfonamides is 1. The molecule has 192 valence electrons. The van der Waals surface area contributed by atoms with Gasteiger partial charge in [-0.05, 0) is 66.2 Å². The number of methoxy groups -OCH3 is 1. The number of carbonyl (C=O) groups is 3. The molecule has 1 N–H and O–H groups in total. The van der Waals surface area contributed by atoms with Gasteiger partial charge in [-0.3, -0.25) is 14.4 Å². The number of imide groups is 1. The largest absolute Gasteiger partial charge is 0.497 e. The van der Waals surface area contributed by atoms with E-state index in [1.165, 1.54) is 74.7 Å². The van der Waals surface area contributed by atoms with Crippen LogP contribution in [0.3, 0.4) is 0 Å². The van der Waals surface area contributed by atoms with Crippen molar-refractivity contribution in [3.63, 3.8) is 0 Å². The maximum Gasteiger partial charge on any atom is 0.252 e. The van der Waals surface area contributed by atoms with Gasteiger partial charge in [0, 0.05) is 19.2 Å². The zero-order valence-electron chi connectivity index (χ0n) is 20.0. The van der Waals surface area contributed by atoms with Crippen LogP contribution >= 0.6 is 0 Å². The van der Waals surface area contributed by atoms with Crippen molar-refractivity contribution in [3.05, 3.63) is 84.2 Å². The second kappa shape index (κ2) is 10.5. The highest BCUT2D eigenvalue weighted by molar-refractivity contribution is 7.89. The molecule has 3 aromatic carbocycles. The quantitative estimate of drug-likeness (QED) is 0.452. The van der Waals surface area contributed by atoms with Crippen LogP contribution in [0.15, 0.2) is 77.7 Å². The van der Waals surface area contributed by atoms with Crippen LogP contribution in [0.25, 0.3) is 0 Å². The van der Waals surface area contributed by atoms with Crippen molar-refractivity contribution in [2.45, 2.75) is 30.8 Å². The van der Waals surface area contributed by atoms with Gasteiger partial charge >= 0.3 is 0 Å². The molecule has 0 radical (unpaired) electrons. The number of nitrogens with one attached hydrogen (secondary N) is 1. The van der Waals surface area contributed by atoms with Crippen molar-refractivity contribution in [2.75, 3.05) is 17.3 Å². The van der Waals surface area contributed by atoms with E-state index in [-0.39, 0.29) is 29.5 Å². The average Bonchev–Trinajstić information content (AvgIpc) is 3.16. The molecule has 1 heterocycles. The number of ether oxygens (including phenoxy) is 1. The van der Waals surface area contributed by atoms with Gasteiger partial charge in [-0.2, -0.15) is 4.31 Å². The zero-order chi connectivity index (χ0) is 26.7.